The van der Waals surface area contributed by atoms with E-state index < -0.39 is 0 Å². The third kappa shape index (κ3) is 3.79. The molecular formula is C18H26O. The highest BCUT2D eigenvalue weighted by Gasteiger charge is 2.13. The van der Waals surface area contributed by atoms with Crippen LogP contribution in [0.1, 0.15) is 61.8 Å². The summed E-state index contributed by atoms with van der Waals surface area (Å²) >= 11 is 0. The molecule has 1 aromatic rings. The highest BCUT2D eigenvalue weighted by molar-refractivity contribution is 5.89. The molecule has 1 aromatic carbocycles. The van der Waals surface area contributed by atoms with Crippen molar-refractivity contribution in [1.29, 1.82) is 0 Å². The lowest BCUT2D eigenvalue weighted by Gasteiger charge is -2.17. The number of rotatable bonds is 6. The van der Waals surface area contributed by atoms with Crippen molar-refractivity contribution in [3.8, 4) is 0 Å². The van der Waals surface area contributed by atoms with Crippen molar-refractivity contribution >= 4 is 11.9 Å². The molecule has 0 fully saturated rings. The third-order valence-corrected chi connectivity index (χ3v) is 3.53. The zero-order chi connectivity index (χ0) is 14.4. The average molecular weight is 258 g/mol. The molecule has 19 heavy (non-hydrogen) atoms. The maximum atomic E-state index is 11.4. The van der Waals surface area contributed by atoms with Crippen LogP contribution in [0.15, 0.2) is 17.7 Å². The van der Waals surface area contributed by atoms with Crippen LogP contribution in [0.3, 0.4) is 0 Å². The van der Waals surface area contributed by atoms with E-state index in [2.05, 4.69) is 46.8 Å². The molecule has 0 saturated heterocycles. The molecule has 1 rings (SSSR count). The van der Waals surface area contributed by atoms with Gasteiger partial charge in [-0.15, -0.1) is 0 Å². The van der Waals surface area contributed by atoms with Crippen molar-refractivity contribution in [3.63, 3.8) is 0 Å². The molecule has 0 saturated carbocycles. The molecule has 0 radical (unpaired) electrons. The predicted octanol–water partition coefficient (Wildman–Crippen LogP) is 5.16. The predicted molar refractivity (Wildman–Crippen MR) is 83.5 cm³/mol. The van der Waals surface area contributed by atoms with E-state index in [1.165, 1.54) is 27.8 Å². The van der Waals surface area contributed by atoms with E-state index in [-0.39, 0.29) is 0 Å². The van der Waals surface area contributed by atoms with Gasteiger partial charge in [0.15, 0.2) is 0 Å². The molecule has 1 heteroatoms. The van der Waals surface area contributed by atoms with E-state index in [0.717, 1.165) is 37.5 Å². The van der Waals surface area contributed by atoms with E-state index in [4.69, 9.17) is 0 Å². The Morgan fingerprint density at radius 3 is 1.95 bits per heavy atom. The van der Waals surface area contributed by atoms with Gasteiger partial charge >= 0.3 is 0 Å². The topological polar surface area (TPSA) is 17.1 Å². The lowest BCUT2D eigenvalue weighted by Crippen LogP contribution is -2.00. The van der Waals surface area contributed by atoms with E-state index in [1.807, 2.05) is 0 Å². The summed E-state index contributed by atoms with van der Waals surface area (Å²) in [4.78, 5) is 11.4. The van der Waals surface area contributed by atoms with E-state index >= 15 is 0 Å². The van der Waals surface area contributed by atoms with Crippen molar-refractivity contribution in [2.24, 2.45) is 0 Å². The van der Waals surface area contributed by atoms with E-state index in [9.17, 15) is 4.79 Å². The van der Waals surface area contributed by atoms with Gasteiger partial charge in [-0.2, -0.15) is 0 Å². The number of benzene rings is 1. The average Bonchev–Trinajstić information content (AvgIpc) is 2.34. The number of aldehydes is 1. The highest BCUT2D eigenvalue weighted by atomic mass is 16.1. The fraction of sp³-hybridized carbons (Fsp3) is 0.500. The smallest absolute Gasteiger partial charge is 0.146 e. The fourth-order valence-electron chi connectivity index (χ4n) is 2.90. The number of carbonyl (C=O) groups excluding carboxylic acids is 1. The van der Waals surface area contributed by atoms with Gasteiger partial charge in [-0.3, -0.25) is 4.79 Å². The van der Waals surface area contributed by atoms with Crippen LogP contribution in [-0.4, -0.2) is 6.29 Å². The van der Waals surface area contributed by atoms with Crippen LogP contribution < -0.4 is 0 Å². The van der Waals surface area contributed by atoms with Crippen LogP contribution in [0.5, 0.6) is 0 Å². The van der Waals surface area contributed by atoms with Crippen molar-refractivity contribution in [1.82, 2.24) is 0 Å². The Kier molecular flexibility index (Phi) is 6.01. The highest BCUT2D eigenvalue weighted by Crippen LogP contribution is 2.31. The molecule has 0 aliphatic carbocycles. The summed E-state index contributed by atoms with van der Waals surface area (Å²) in [5.74, 6) is 0. The molecule has 0 bridgehead atoms. The van der Waals surface area contributed by atoms with Crippen LogP contribution in [-0.2, 0) is 4.79 Å². The number of allylic oxidation sites excluding steroid dienone is 2. The second kappa shape index (κ2) is 7.28. The zero-order valence-corrected chi connectivity index (χ0v) is 13.0. The quantitative estimate of drug-likeness (QED) is 0.508. The zero-order valence-electron chi connectivity index (χ0n) is 13.0. The molecule has 0 aromatic heterocycles. The summed E-state index contributed by atoms with van der Waals surface area (Å²) in [6.07, 6.45) is 5.02. The minimum atomic E-state index is 0.881. The van der Waals surface area contributed by atoms with Crippen molar-refractivity contribution in [2.45, 2.75) is 60.3 Å². The Hall–Kier alpha value is -1.37. The number of hydrogen-bond acceptors (Lipinski definition) is 1. The van der Waals surface area contributed by atoms with Gasteiger partial charge in [0.05, 0.1) is 0 Å². The Balaban J connectivity index is 3.46. The van der Waals surface area contributed by atoms with E-state index in [1.54, 1.807) is 0 Å². The summed E-state index contributed by atoms with van der Waals surface area (Å²) in [5, 5.41) is 0. The van der Waals surface area contributed by atoms with Crippen LogP contribution in [0.25, 0.3) is 5.57 Å². The largest absolute Gasteiger partial charge is 0.298 e. The summed E-state index contributed by atoms with van der Waals surface area (Å²) in [5.41, 5.74) is 7.40. The monoisotopic (exact) mass is 258 g/mol. The molecular weight excluding hydrogens is 232 g/mol. The molecule has 104 valence electrons. The Labute approximate surface area is 117 Å². The molecule has 1 nitrogen and oxygen atoms in total. The third-order valence-electron chi connectivity index (χ3n) is 3.53. The van der Waals surface area contributed by atoms with Crippen LogP contribution in [0.4, 0.5) is 0 Å². The normalized spacial score (nSPS) is 12.3. The first kappa shape index (κ1) is 15.7. The number of aryl methyl sites for hydroxylation is 3. The molecule has 0 unspecified atom stereocenters. The van der Waals surface area contributed by atoms with Crippen LogP contribution in [0, 0.1) is 20.8 Å². The minimum Gasteiger partial charge on any atom is -0.298 e. The summed E-state index contributed by atoms with van der Waals surface area (Å²) in [6.45, 7) is 10.7. The second-order valence-electron chi connectivity index (χ2n) is 5.40. The molecule has 0 aliphatic rings. The molecule has 0 heterocycles. The Bertz CT molecular complexity index is 457. The first-order valence-electron chi connectivity index (χ1n) is 7.30. The first-order chi connectivity index (χ1) is 9.04. The lowest BCUT2D eigenvalue weighted by atomic mass is 9.87. The SMILES string of the molecule is CCC/C(C=O)=C(\CCC)c1c(C)cc(C)cc1C. The Morgan fingerprint density at radius 2 is 1.53 bits per heavy atom. The van der Waals surface area contributed by atoms with Crippen molar-refractivity contribution < 1.29 is 4.79 Å². The van der Waals surface area contributed by atoms with E-state index in [0.29, 0.717) is 0 Å². The van der Waals surface area contributed by atoms with Gasteiger partial charge in [0.1, 0.15) is 6.29 Å². The standard InChI is InChI=1S/C18H26O/c1-6-8-16(12-19)17(9-7-2)18-14(4)10-13(3)11-15(18)5/h10-12H,6-9H2,1-5H3/b17-16-. The minimum absolute atomic E-state index is 0.881. The molecule has 0 N–H and O–H groups in total. The van der Waals surface area contributed by atoms with Crippen molar-refractivity contribution in [3.05, 3.63) is 40.0 Å². The van der Waals surface area contributed by atoms with Crippen LogP contribution >= 0.6 is 0 Å². The number of hydrogen-bond donors (Lipinski definition) is 0. The summed E-state index contributed by atoms with van der Waals surface area (Å²) in [7, 11) is 0. The number of carbonyl (C=O) groups is 1. The second-order valence-corrected chi connectivity index (χ2v) is 5.40. The fourth-order valence-corrected chi connectivity index (χ4v) is 2.90. The Morgan fingerprint density at radius 1 is 1.00 bits per heavy atom. The molecule has 0 amide bonds. The van der Waals surface area contributed by atoms with Gasteiger partial charge in [-0.25, -0.2) is 0 Å². The van der Waals surface area contributed by atoms with Gasteiger partial charge in [-0.05, 0) is 61.4 Å². The van der Waals surface area contributed by atoms with Gasteiger partial charge in [0.2, 0.25) is 0 Å². The van der Waals surface area contributed by atoms with Gasteiger partial charge in [-0.1, -0.05) is 44.4 Å². The first-order valence-corrected chi connectivity index (χ1v) is 7.30. The molecule has 0 spiro atoms. The maximum Gasteiger partial charge on any atom is 0.146 e. The molecule has 0 aliphatic heterocycles. The van der Waals surface area contributed by atoms with Gasteiger partial charge < -0.3 is 0 Å². The summed E-state index contributed by atoms with van der Waals surface area (Å²) < 4.78 is 0. The van der Waals surface area contributed by atoms with Gasteiger partial charge in [0, 0.05) is 0 Å². The molecule has 0 atom stereocenters. The van der Waals surface area contributed by atoms with Crippen molar-refractivity contribution in [2.75, 3.05) is 0 Å². The maximum absolute atomic E-state index is 11.4. The lowest BCUT2D eigenvalue weighted by molar-refractivity contribution is -0.105. The van der Waals surface area contributed by atoms with Crippen LogP contribution in [0.2, 0.25) is 0 Å². The van der Waals surface area contributed by atoms with Gasteiger partial charge in [0.25, 0.3) is 0 Å². The summed E-state index contributed by atoms with van der Waals surface area (Å²) in [6, 6.07) is 4.43.